The lowest BCUT2D eigenvalue weighted by Gasteiger charge is -2.14. The van der Waals surface area contributed by atoms with Gasteiger partial charge in [0.1, 0.15) is 10.8 Å². The Morgan fingerprint density at radius 2 is 1.88 bits per heavy atom. The molecule has 0 saturated heterocycles. The van der Waals surface area contributed by atoms with Crippen LogP contribution >= 0.6 is 11.3 Å². The summed E-state index contributed by atoms with van der Waals surface area (Å²) in [6.45, 7) is 5.13. The Labute approximate surface area is 147 Å². The van der Waals surface area contributed by atoms with Gasteiger partial charge < -0.3 is 15.8 Å². The van der Waals surface area contributed by atoms with Crippen LogP contribution in [0.15, 0.2) is 24.3 Å². The summed E-state index contributed by atoms with van der Waals surface area (Å²) in [5, 5.41) is 13.7. The first-order chi connectivity index (χ1) is 11.7. The fourth-order valence-electron chi connectivity index (χ4n) is 2.13. The molecular formula is C16H17N3O5S. The molecule has 1 heterocycles. The van der Waals surface area contributed by atoms with Gasteiger partial charge in [-0.15, -0.1) is 11.3 Å². The van der Waals surface area contributed by atoms with E-state index in [4.69, 9.17) is 10.5 Å². The minimum Gasteiger partial charge on any atom is -0.481 e. The van der Waals surface area contributed by atoms with Gasteiger partial charge in [0, 0.05) is 17.0 Å². The summed E-state index contributed by atoms with van der Waals surface area (Å²) in [7, 11) is 0. The molecule has 3 N–H and O–H groups in total. The van der Waals surface area contributed by atoms with Gasteiger partial charge >= 0.3 is 0 Å². The zero-order chi connectivity index (χ0) is 18.7. The molecule has 9 heteroatoms. The summed E-state index contributed by atoms with van der Waals surface area (Å²) in [4.78, 5) is 34.9. The first-order valence-corrected chi connectivity index (χ1v) is 8.14. The number of nitro benzene ring substituents is 1. The van der Waals surface area contributed by atoms with E-state index in [0.717, 1.165) is 10.4 Å². The number of amides is 2. The molecule has 8 nitrogen and oxygen atoms in total. The van der Waals surface area contributed by atoms with Crippen LogP contribution in [-0.4, -0.2) is 22.8 Å². The predicted octanol–water partition coefficient (Wildman–Crippen LogP) is 2.78. The molecule has 2 amide bonds. The number of carbonyl (C=O) groups excluding carboxylic acids is 2. The molecular weight excluding hydrogens is 346 g/mol. The lowest BCUT2D eigenvalue weighted by Crippen LogP contribution is -2.30. The van der Waals surface area contributed by atoms with Crippen LogP contribution in [0, 0.1) is 24.0 Å². The Morgan fingerprint density at radius 3 is 2.40 bits per heavy atom. The second-order valence-electron chi connectivity index (χ2n) is 5.35. The van der Waals surface area contributed by atoms with Crippen molar-refractivity contribution < 1.29 is 19.2 Å². The fraction of sp³-hybridized carbons (Fsp3) is 0.250. The number of hydrogen-bond acceptors (Lipinski definition) is 6. The number of nitrogens with one attached hydrogen (secondary N) is 1. The van der Waals surface area contributed by atoms with Crippen molar-refractivity contribution in [1.29, 1.82) is 0 Å². The van der Waals surface area contributed by atoms with Crippen LogP contribution in [0.4, 0.5) is 10.7 Å². The van der Waals surface area contributed by atoms with Crippen molar-refractivity contribution in [2.45, 2.75) is 26.9 Å². The van der Waals surface area contributed by atoms with Crippen molar-refractivity contribution in [3.63, 3.8) is 0 Å². The molecule has 0 radical (unpaired) electrons. The van der Waals surface area contributed by atoms with Crippen LogP contribution in [0.2, 0.25) is 0 Å². The number of nitro groups is 1. The van der Waals surface area contributed by atoms with Crippen molar-refractivity contribution in [3.05, 3.63) is 50.4 Å². The highest BCUT2D eigenvalue weighted by Gasteiger charge is 2.22. The molecule has 1 atom stereocenters. The number of thiophene rings is 1. The first kappa shape index (κ1) is 18.4. The van der Waals surface area contributed by atoms with Crippen molar-refractivity contribution in [3.8, 4) is 5.75 Å². The molecule has 0 aliphatic heterocycles. The van der Waals surface area contributed by atoms with Gasteiger partial charge in [-0.1, -0.05) is 0 Å². The Kier molecular flexibility index (Phi) is 5.38. The molecule has 0 fully saturated rings. The van der Waals surface area contributed by atoms with Gasteiger partial charge in [0.2, 0.25) is 0 Å². The van der Waals surface area contributed by atoms with Gasteiger partial charge in [-0.25, -0.2) is 0 Å². The quantitative estimate of drug-likeness (QED) is 0.603. The molecule has 132 valence electrons. The summed E-state index contributed by atoms with van der Waals surface area (Å²) < 4.78 is 5.47. The maximum absolute atomic E-state index is 12.3. The number of benzene rings is 1. The van der Waals surface area contributed by atoms with E-state index in [1.165, 1.54) is 42.5 Å². The first-order valence-electron chi connectivity index (χ1n) is 7.32. The monoisotopic (exact) mass is 363 g/mol. The van der Waals surface area contributed by atoms with Crippen LogP contribution in [0.3, 0.4) is 0 Å². The number of non-ortho nitro benzene ring substituents is 1. The summed E-state index contributed by atoms with van der Waals surface area (Å²) in [5.41, 5.74) is 6.33. The minimum atomic E-state index is -0.870. The van der Waals surface area contributed by atoms with Crippen LogP contribution in [0.5, 0.6) is 5.75 Å². The van der Waals surface area contributed by atoms with Gasteiger partial charge in [0.05, 0.1) is 10.5 Å². The number of hydrogen-bond donors (Lipinski definition) is 2. The molecule has 0 aliphatic carbocycles. The molecule has 2 rings (SSSR count). The van der Waals surface area contributed by atoms with Crippen molar-refractivity contribution in [1.82, 2.24) is 0 Å². The maximum Gasteiger partial charge on any atom is 0.269 e. The summed E-state index contributed by atoms with van der Waals surface area (Å²) in [5.74, 6) is -0.745. The van der Waals surface area contributed by atoms with E-state index in [0.29, 0.717) is 16.3 Å². The molecule has 1 aromatic carbocycles. The van der Waals surface area contributed by atoms with E-state index in [1.807, 2.05) is 6.92 Å². The molecule has 2 aromatic rings. The van der Waals surface area contributed by atoms with Gasteiger partial charge in [-0.2, -0.15) is 0 Å². The molecule has 0 saturated carbocycles. The smallest absolute Gasteiger partial charge is 0.269 e. The summed E-state index contributed by atoms with van der Waals surface area (Å²) in [6.07, 6.45) is -0.870. The Bertz CT molecular complexity index is 829. The van der Waals surface area contributed by atoms with Crippen LogP contribution in [0.25, 0.3) is 0 Å². The molecule has 0 aliphatic rings. The number of nitrogens with two attached hydrogens (primary N) is 1. The highest BCUT2D eigenvalue weighted by atomic mass is 32.1. The van der Waals surface area contributed by atoms with Crippen LogP contribution in [-0.2, 0) is 4.79 Å². The van der Waals surface area contributed by atoms with Crippen molar-refractivity contribution >= 4 is 33.8 Å². The zero-order valence-corrected chi connectivity index (χ0v) is 14.7. The summed E-state index contributed by atoms with van der Waals surface area (Å²) >= 11 is 1.26. The van der Waals surface area contributed by atoms with Gasteiger partial charge in [-0.05, 0) is 38.5 Å². The van der Waals surface area contributed by atoms with Crippen molar-refractivity contribution in [2.75, 3.05) is 5.32 Å². The lowest BCUT2D eigenvalue weighted by atomic mass is 10.1. The van der Waals surface area contributed by atoms with Gasteiger partial charge in [0.25, 0.3) is 17.5 Å². The molecule has 0 bridgehead atoms. The largest absolute Gasteiger partial charge is 0.481 e. The highest BCUT2D eigenvalue weighted by Crippen LogP contribution is 2.32. The average Bonchev–Trinajstić information content (AvgIpc) is 2.82. The SMILES string of the molecule is Cc1sc(NC(=O)[C@H](C)Oc2ccc([N+](=O)[O-])cc2)c(C(N)=O)c1C. The Balaban J connectivity index is 2.09. The third-order valence-corrected chi connectivity index (χ3v) is 4.72. The van der Waals surface area contributed by atoms with E-state index >= 15 is 0 Å². The zero-order valence-electron chi connectivity index (χ0n) is 13.9. The molecule has 0 spiro atoms. The number of anilines is 1. The van der Waals surface area contributed by atoms with Crippen LogP contribution in [0.1, 0.15) is 27.7 Å². The Morgan fingerprint density at radius 1 is 1.28 bits per heavy atom. The number of ether oxygens (including phenoxy) is 1. The summed E-state index contributed by atoms with van der Waals surface area (Å²) in [6, 6.07) is 5.40. The second-order valence-corrected chi connectivity index (χ2v) is 6.58. The van der Waals surface area contributed by atoms with Gasteiger partial charge in [-0.3, -0.25) is 19.7 Å². The third kappa shape index (κ3) is 4.13. The Hall–Kier alpha value is -2.94. The molecule has 25 heavy (non-hydrogen) atoms. The third-order valence-electron chi connectivity index (χ3n) is 3.60. The number of primary amides is 1. The fourth-order valence-corrected chi connectivity index (χ4v) is 3.20. The standard InChI is InChI=1S/C16H17N3O5S/c1-8-10(3)25-16(13(8)14(17)20)18-15(21)9(2)24-12-6-4-11(5-7-12)19(22)23/h4-7,9H,1-3H3,(H2,17,20)(H,18,21)/t9-/m0/s1. The molecule has 1 aromatic heterocycles. The van der Waals surface area contributed by atoms with E-state index < -0.39 is 22.8 Å². The average molecular weight is 363 g/mol. The second kappa shape index (κ2) is 7.31. The van der Waals surface area contributed by atoms with E-state index in [2.05, 4.69) is 5.32 Å². The van der Waals surface area contributed by atoms with E-state index in [-0.39, 0.29) is 5.69 Å². The number of carbonyl (C=O) groups is 2. The number of rotatable bonds is 6. The number of aryl methyl sites for hydroxylation is 1. The molecule has 0 unspecified atom stereocenters. The highest BCUT2D eigenvalue weighted by molar-refractivity contribution is 7.16. The predicted molar refractivity (Wildman–Crippen MR) is 94.1 cm³/mol. The number of nitrogens with zero attached hydrogens (tertiary/aromatic N) is 1. The topological polar surface area (TPSA) is 125 Å². The van der Waals surface area contributed by atoms with Crippen LogP contribution < -0.4 is 15.8 Å². The normalized spacial score (nSPS) is 11.6. The van der Waals surface area contributed by atoms with Gasteiger partial charge in [0.15, 0.2) is 6.10 Å². The van der Waals surface area contributed by atoms with E-state index in [1.54, 1.807) is 6.92 Å². The maximum atomic E-state index is 12.3. The minimum absolute atomic E-state index is 0.0694. The van der Waals surface area contributed by atoms with E-state index in [9.17, 15) is 19.7 Å². The van der Waals surface area contributed by atoms with Crippen molar-refractivity contribution in [2.24, 2.45) is 5.73 Å². The lowest BCUT2D eigenvalue weighted by molar-refractivity contribution is -0.384.